The molecule has 0 aliphatic carbocycles. The topological polar surface area (TPSA) is 67.9 Å². The lowest BCUT2D eigenvalue weighted by Gasteiger charge is -2.17. The first-order valence-electron chi connectivity index (χ1n) is 9.65. The Morgan fingerprint density at radius 3 is 2.20 bits per heavy atom. The van der Waals surface area contributed by atoms with Crippen LogP contribution < -0.4 is 15.0 Å². The number of carbonyl (C=O) groups excluding carboxylic acids is 2. The molecular weight excluding hydrogens is 380 g/mol. The van der Waals surface area contributed by atoms with E-state index in [9.17, 15) is 9.59 Å². The molecule has 1 N–H and O–H groups in total. The molecule has 6 heteroatoms. The Morgan fingerprint density at radius 1 is 0.900 bits per heavy atom. The van der Waals surface area contributed by atoms with Crippen LogP contribution in [0.3, 0.4) is 0 Å². The van der Waals surface area contributed by atoms with Crippen molar-refractivity contribution in [2.24, 2.45) is 0 Å². The van der Waals surface area contributed by atoms with Gasteiger partial charge in [-0.3, -0.25) is 9.69 Å². The fourth-order valence-electron chi connectivity index (χ4n) is 2.73. The Balaban J connectivity index is 1.56. The first-order chi connectivity index (χ1) is 14.6. The summed E-state index contributed by atoms with van der Waals surface area (Å²) >= 11 is 0. The van der Waals surface area contributed by atoms with E-state index in [-0.39, 0.29) is 5.91 Å². The van der Waals surface area contributed by atoms with Gasteiger partial charge in [-0.2, -0.15) is 0 Å². The van der Waals surface area contributed by atoms with E-state index in [1.54, 1.807) is 50.4 Å². The molecule has 6 nitrogen and oxygen atoms in total. The first kappa shape index (κ1) is 20.9. The molecule has 2 amide bonds. The largest absolute Gasteiger partial charge is 0.489 e. The van der Waals surface area contributed by atoms with Crippen LogP contribution in [-0.2, 0) is 11.3 Å². The van der Waals surface area contributed by atoms with Crippen LogP contribution in [0.15, 0.2) is 78.9 Å². The van der Waals surface area contributed by atoms with E-state index in [0.717, 1.165) is 11.3 Å². The molecule has 154 valence electrons. The predicted octanol–water partition coefficient (Wildman–Crippen LogP) is 5.11. The maximum Gasteiger partial charge on any atom is 0.413 e. The number of anilines is 2. The van der Waals surface area contributed by atoms with Crippen LogP contribution in [0.5, 0.6) is 5.75 Å². The number of nitrogens with zero attached hydrogens (tertiary/aromatic N) is 1. The van der Waals surface area contributed by atoms with Crippen molar-refractivity contribution in [1.82, 2.24) is 0 Å². The van der Waals surface area contributed by atoms with Gasteiger partial charge in [0.2, 0.25) is 0 Å². The van der Waals surface area contributed by atoms with Crippen molar-refractivity contribution >= 4 is 23.4 Å². The second-order valence-electron chi connectivity index (χ2n) is 6.56. The van der Waals surface area contributed by atoms with E-state index >= 15 is 0 Å². The molecule has 0 aliphatic rings. The number of benzene rings is 3. The fraction of sp³-hybridized carbons (Fsp3) is 0.167. The summed E-state index contributed by atoms with van der Waals surface area (Å²) in [5.74, 6) is 0.591. The predicted molar refractivity (Wildman–Crippen MR) is 117 cm³/mol. The standard InChI is InChI=1S/C24H24N2O4/c1-3-29-24(28)26(2)21-15-13-20(14-16-21)25-23(27)19-11-9-18(10-12-19)17-30-22-7-5-4-6-8-22/h4-16H,3,17H2,1-2H3,(H,25,27). The first-order valence-corrected chi connectivity index (χ1v) is 9.65. The van der Waals surface area contributed by atoms with E-state index in [4.69, 9.17) is 9.47 Å². The molecule has 0 radical (unpaired) electrons. The van der Waals surface area contributed by atoms with Crippen molar-refractivity contribution in [2.45, 2.75) is 13.5 Å². The molecule has 3 aromatic rings. The lowest BCUT2D eigenvalue weighted by molar-refractivity contribution is 0.102. The van der Waals surface area contributed by atoms with Gasteiger partial charge in [-0.1, -0.05) is 30.3 Å². The van der Waals surface area contributed by atoms with Crippen molar-refractivity contribution in [3.05, 3.63) is 90.0 Å². The molecule has 0 aromatic heterocycles. The number of nitrogens with one attached hydrogen (secondary N) is 1. The number of amides is 2. The van der Waals surface area contributed by atoms with Crippen molar-refractivity contribution < 1.29 is 19.1 Å². The second kappa shape index (κ2) is 10.1. The normalized spacial score (nSPS) is 10.2. The zero-order chi connectivity index (χ0) is 21.3. The lowest BCUT2D eigenvalue weighted by atomic mass is 10.1. The van der Waals surface area contributed by atoms with Gasteiger partial charge in [0, 0.05) is 24.0 Å². The van der Waals surface area contributed by atoms with Gasteiger partial charge in [0.15, 0.2) is 0 Å². The number of rotatable bonds is 7. The summed E-state index contributed by atoms with van der Waals surface area (Å²) in [7, 11) is 1.63. The minimum absolute atomic E-state index is 0.211. The molecular formula is C24H24N2O4. The van der Waals surface area contributed by atoms with Gasteiger partial charge in [0.05, 0.1) is 6.61 Å². The van der Waals surface area contributed by atoms with Gasteiger partial charge in [0.1, 0.15) is 12.4 Å². The van der Waals surface area contributed by atoms with Crippen LogP contribution in [0.25, 0.3) is 0 Å². The van der Waals surface area contributed by atoms with E-state index in [1.807, 2.05) is 42.5 Å². The third-order valence-electron chi connectivity index (χ3n) is 4.42. The summed E-state index contributed by atoms with van der Waals surface area (Å²) in [5.41, 5.74) is 2.83. The van der Waals surface area contributed by atoms with E-state index in [1.165, 1.54) is 4.90 Å². The Labute approximate surface area is 176 Å². The minimum Gasteiger partial charge on any atom is -0.489 e. The molecule has 0 heterocycles. The van der Waals surface area contributed by atoms with Gasteiger partial charge >= 0.3 is 6.09 Å². The van der Waals surface area contributed by atoms with Gasteiger partial charge in [-0.15, -0.1) is 0 Å². The summed E-state index contributed by atoms with van der Waals surface area (Å²) in [4.78, 5) is 25.7. The molecule has 30 heavy (non-hydrogen) atoms. The molecule has 3 aromatic carbocycles. The molecule has 0 aliphatic heterocycles. The number of ether oxygens (including phenoxy) is 2. The highest BCUT2D eigenvalue weighted by atomic mass is 16.6. The maximum atomic E-state index is 12.5. The van der Waals surface area contributed by atoms with Crippen molar-refractivity contribution in [2.75, 3.05) is 23.9 Å². The zero-order valence-corrected chi connectivity index (χ0v) is 17.0. The molecule has 0 unspecified atom stereocenters. The molecule has 0 fully saturated rings. The van der Waals surface area contributed by atoms with Crippen molar-refractivity contribution in [1.29, 1.82) is 0 Å². The molecule has 0 atom stereocenters. The van der Waals surface area contributed by atoms with Crippen LogP contribution in [0.1, 0.15) is 22.8 Å². The van der Waals surface area contributed by atoms with Crippen molar-refractivity contribution in [3.63, 3.8) is 0 Å². The number of hydrogen-bond acceptors (Lipinski definition) is 4. The fourth-order valence-corrected chi connectivity index (χ4v) is 2.73. The number of carbonyl (C=O) groups is 2. The van der Waals surface area contributed by atoms with Gasteiger partial charge in [0.25, 0.3) is 5.91 Å². The van der Waals surface area contributed by atoms with E-state index < -0.39 is 6.09 Å². The maximum absolute atomic E-state index is 12.5. The summed E-state index contributed by atoms with van der Waals surface area (Å²) in [6.07, 6.45) is -0.425. The quantitative estimate of drug-likeness (QED) is 0.594. The van der Waals surface area contributed by atoms with Crippen LogP contribution in [0.4, 0.5) is 16.2 Å². The summed E-state index contributed by atoms with van der Waals surface area (Å²) < 4.78 is 10.7. The highest BCUT2D eigenvalue weighted by molar-refractivity contribution is 6.04. The third-order valence-corrected chi connectivity index (χ3v) is 4.42. The highest BCUT2D eigenvalue weighted by Gasteiger charge is 2.12. The van der Waals surface area contributed by atoms with Crippen LogP contribution in [0.2, 0.25) is 0 Å². The molecule has 0 saturated heterocycles. The second-order valence-corrected chi connectivity index (χ2v) is 6.56. The Bertz CT molecular complexity index is 970. The molecule has 0 saturated carbocycles. The monoisotopic (exact) mass is 404 g/mol. The smallest absolute Gasteiger partial charge is 0.413 e. The minimum atomic E-state index is -0.425. The lowest BCUT2D eigenvalue weighted by Crippen LogP contribution is -2.26. The molecule has 0 spiro atoms. The van der Waals surface area contributed by atoms with E-state index in [0.29, 0.717) is 30.2 Å². The molecule has 0 bridgehead atoms. The summed E-state index contributed by atoms with van der Waals surface area (Å²) in [5, 5.41) is 2.85. The number of para-hydroxylation sites is 1. The van der Waals surface area contributed by atoms with Gasteiger partial charge in [-0.25, -0.2) is 4.79 Å². The van der Waals surface area contributed by atoms with Crippen LogP contribution in [0, 0.1) is 0 Å². The number of hydrogen-bond donors (Lipinski definition) is 1. The van der Waals surface area contributed by atoms with Crippen molar-refractivity contribution in [3.8, 4) is 5.75 Å². The average Bonchev–Trinajstić information content (AvgIpc) is 2.79. The van der Waals surface area contributed by atoms with Crippen LogP contribution >= 0.6 is 0 Å². The average molecular weight is 404 g/mol. The SMILES string of the molecule is CCOC(=O)N(C)c1ccc(NC(=O)c2ccc(COc3ccccc3)cc2)cc1. The van der Waals surface area contributed by atoms with E-state index in [2.05, 4.69) is 5.32 Å². The summed E-state index contributed by atoms with van der Waals surface area (Å²) in [6.45, 7) is 2.50. The Hall–Kier alpha value is -3.80. The van der Waals surface area contributed by atoms with Gasteiger partial charge in [-0.05, 0) is 61.0 Å². The van der Waals surface area contributed by atoms with Crippen LogP contribution in [-0.4, -0.2) is 25.7 Å². The molecule has 3 rings (SSSR count). The summed E-state index contributed by atoms with van der Waals surface area (Å²) in [6, 6.07) is 23.8. The third kappa shape index (κ3) is 5.61. The van der Waals surface area contributed by atoms with Gasteiger partial charge < -0.3 is 14.8 Å². The Morgan fingerprint density at radius 2 is 1.57 bits per heavy atom. The highest BCUT2D eigenvalue weighted by Crippen LogP contribution is 2.19. The zero-order valence-electron chi connectivity index (χ0n) is 17.0. The Kier molecular flexibility index (Phi) is 7.05.